The molecular formula is C18H22F3NO2. The molecule has 1 saturated heterocycles. The van der Waals surface area contributed by atoms with E-state index in [1.54, 1.807) is 31.7 Å². The summed E-state index contributed by atoms with van der Waals surface area (Å²) < 4.78 is 43.4. The van der Waals surface area contributed by atoms with Gasteiger partial charge in [0.05, 0.1) is 11.6 Å². The van der Waals surface area contributed by atoms with E-state index in [1.165, 1.54) is 12.1 Å². The Labute approximate surface area is 140 Å². The molecule has 0 N–H and O–H groups in total. The molecule has 1 aliphatic heterocycles. The number of amides is 1. The monoisotopic (exact) mass is 341 g/mol. The Hall–Kier alpha value is -1.98. The van der Waals surface area contributed by atoms with E-state index < -0.39 is 23.4 Å². The number of hydrogen-bond donors (Lipinski definition) is 0. The summed E-state index contributed by atoms with van der Waals surface area (Å²) in [5.74, 6) is -0.0391. The highest BCUT2D eigenvalue weighted by Gasteiger charge is 2.37. The summed E-state index contributed by atoms with van der Waals surface area (Å²) in [4.78, 5) is 13.9. The Bertz CT molecular complexity index is 602. The Morgan fingerprint density at radius 3 is 2.29 bits per heavy atom. The van der Waals surface area contributed by atoms with E-state index in [1.807, 2.05) is 0 Å². The van der Waals surface area contributed by atoms with Gasteiger partial charge in [-0.15, -0.1) is 6.58 Å². The fourth-order valence-electron chi connectivity index (χ4n) is 2.81. The predicted octanol–water partition coefficient (Wildman–Crippen LogP) is 4.98. The van der Waals surface area contributed by atoms with Gasteiger partial charge in [0.1, 0.15) is 5.60 Å². The van der Waals surface area contributed by atoms with E-state index in [2.05, 4.69) is 6.58 Å². The molecule has 1 heterocycles. The maximum absolute atomic E-state index is 12.7. The molecule has 0 unspecified atom stereocenters. The summed E-state index contributed by atoms with van der Waals surface area (Å²) in [5, 5.41) is 0. The third kappa shape index (κ3) is 4.30. The number of benzene rings is 1. The van der Waals surface area contributed by atoms with Crippen LogP contribution in [0, 0.1) is 0 Å². The number of halogens is 3. The summed E-state index contributed by atoms with van der Waals surface area (Å²) in [6.45, 7) is 9.51. The van der Waals surface area contributed by atoms with Crippen LogP contribution in [-0.2, 0) is 10.9 Å². The Morgan fingerprint density at radius 1 is 1.25 bits per heavy atom. The van der Waals surface area contributed by atoms with Gasteiger partial charge in [-0.3, -0.25) is 0 Å². The van der Waals surface area contributed by atoms with E-state index in [0.29, 0.717) is 13.0 Å². The number of nitrogens with zero attached hydrogens (tertiary/aromatic N) is 1. The number of carbonyl (C=O) groups is 1. The molecule has 1 aromatic rings. The van der Waals surface area contributed by atoms with Crippen molar-refractivity contribution in [1.82, 2.24) is 4.90 Å². The first-order valence-electron chi connectivity index (χ1n) is 7.80. The van der Waals surface area contributed by atoms with Crippen molar-refractivity contribution >= 4 is 6.09 Å². The lowest BCUT2D eigenvalue weighted by Gasteiger charge is -2.27. The number of likely N-dealkylation sites (tertiary alicyclic amines) is 1. The average Bonchev–Trinajstić information content (AvgIpc) is 2.89. The number of alkyl halides is 3. The Kier molecular flexibility index (Phi) is 4.97. The van der Waals surface area contributed by atoms with Gasteiger partial charge < -0.3 is 9.64 Å². The van der Waals surface area contributed by atoms with Crippen LogP contribution in [0.3, 0.4) is 0 Å². The SMILES string of the molecule is C=C[C@H]1C[C@H](c2ccc(C(F)(F)F)cc2)CN1C(=O)OC(C)(C)C. The largest absolute Gasteiger partial charge is 0.444 e. The molecule has 1 amide bonds. The van der Waals surface area contributed by atoms with Gasteiger partial charge in [0.15, 0.2) is 0 Å². The molecule has 2 rings (SSSR count). The minimum absolute atomic E-state index is 0.0391. The van der Waals surface area contributed by atoms with E-state index in [9.17, 15) is 18.0 Å². The average molecular weight is 341 g/mol. The summed E-state index contributed by atoms with van der Waals surface area (Å²) in [7, 11) is 0. The minimum atomic E-state index is -4.35. The number of rotatable bonds is 2. The standard InChI is InChI=1S/C18H22F3NO2/c1-5-15-10-13(11-22(15)16(23)24-17(2,3)4)12-6-8-14(9-7-12)18(19,20)21/h5-9,13,15H,1,10-11H2,2-4H3/t13-,15-/m0/s1. The highest BCUT2D eigenvalue weighted by Crippen LogP contribution is 2.35. The molecular weight excluding hydrogens is 319 g/mol. The maximum Gasteiger partial charge on any atom is 0.416 e. The molecule has 6 heteroatoms. The fourth-order valence-corrected chi connectivity index (χ4v) is 2.81. The van der Waals surface area contributed by atoms with Gasteiger partial charge >= 0.3 is 12.3 Å². The number of hydrogen-bond acceptors (Lipinski definition) is 2. The normalized spacial score (nSPS) is 21.7. The second-order valence-corrected chi connectivity index (χ2v) is 6.99. The molecule has 1 aliphatic rings. The zero-order valence-electron chi connectivity index (χ0n) is 14.1. The van der Waals surface area contributed by atoms with Gasteiger partial charge in [0, 0.05) is 12.5 Å². The molecule has 0 radical (unpaired) electrons. The zero-order chi connectivity index (χ0) is 18.1. The van der Waals surface area contributed by atoms with E-state index in [-0.39, 0.29) is 12.0 Å². The molecule has 0 aromatic heterocycles. The predicted molar refractivity (Wildman–Crippen MR) is 85.7 cm³/mol. The zero-order valence-corrected chi connectivity index (χ0v) is 14.1. The van der Waals surface area contributed by atoms with Gasteiger partial charge in [-0.2, -0.15) is 13.2 Å². The van der Waals surface area contributed by atoms with E-state index in [0.717, 1.165) is 17.7 Å². The summed E-state index contributed by atoms with van der Waals surface area (Å²) >= 11 is 0. The van der Waals surface area contributed by atoms with Crippen LogP contribution in [0.1, 0.15) is 44.2 Å². The van der Waals surface area contributed by atoms with Crippen LogP contribution >= 0.6 is 0 Å². The van der Waals surface area contributed by atoms with Crippen LogP contribution in [-0.4, -0.2) is 29.2 Å². The van der Waals surface area contributed by atoms with Crippen LogP contribution in [0.15, 0.2) is 36.9 Å². The first-order valence-corrected chi connectivity index (χ1v) is 7.80. The van der Waals surface area contributed by atoms with Gasteiger partial charge in [0.25, 0.3) is 0 Å². The summed E-state index contributed by atoms with van der Waals surface area (Å²) in [6, 6.07) is 4.92. The third-order valence-electron chi connectivity index (χ3n) is 3.95. The third-order valence-corrected chi connectivity index (χ3v) is 3.95. The first kappa shape index (κ1) is 18.4. The second-order valence-electron chi connectivity index (χ2n) is 6.99. The van der Waals surface area contributed by atoms with Crippen LogP contribution in [0.25, 0.3) is 0 Å². The Morgan fingerprint density at radius 2 is 1.83 bits per heavy atom. The molecule has 0 spiro atoms. The van der Waals surface area contributed by atoms with E-state index >= 15 is 0 Å². The van der Waals surface area contributed by atoms with Crippen molar-refractivity contribution in [1.29, 1.82) is 0 Å². The van der Waals surface area contributed by atoms with Crippen molar-refractivity contribution in [3.63, 3.8) is 0 Å². The highest BCUT2D eigenvalue weighted by molar-refractivity contribution is 5.69. The number of carbonyl (C=O) groups excluding carboxylic acids is 1. The fraction of sp³-hybridized carbons (Fsp3) is 0.500. The molecule has 0 aliphatic carbocycles. The Balaban J connectivity index is 2.13. The van der Waals surface area contributed by atoms with Crippen molar-refractivity contribution in [2.24, 2.45) is 0 Å². The van der Waals surface area contributed by atoms with Crippen LogP contribution < -0.4 is 0 Å². The maximum atomic E-state index is 12.7. The highest BCUT2D eigenvalue weighted by atomic mass is 19.4. The molecule has 3 nitrogen and oxygen atoms in total. The smallest absolute Gasteiger partial charge is 0.416 e. The van der Waals surface area contributed by atoms with Gasteiger partial charge in [-0.25, -0.2) is 4.79 Å². The van der Waals surface area contributed by atoms with Gasteiger partial charge in [-0.05, 0) is 44.9 Å². The summed E-state index contributed by atoms with van der Waals surface area (Å²) in [6.07, 6.45) is -2.48. The molecule has 0 saturated carbocycles. The van der Waals surface area contributed by atoms with Crippen molar-refractivity contribution in [3.8, 4) is 0 Å². The van der Waals surface area contributed by atoms with E-state index in [4.69, 9.17) is 4.74 Å². The molecule has 1 fully saturated rings. The van der Waals surface area contributed by atoms with Crippen molar-refractivity contribution in [2.75, 3.05) is 6.54 Å². The molecule has 24 heavy (non-hydrogen) atoms. The molecule has 0 bridgehead atoms. The summed E-state index contributed by atoms with van der Waals surface area (Å²) in [5.41, 5.74) is -0.496. The van der Waals surface area contributed by atoms with Crippen molar-refractivity contribution in [2.45, 2.75) is 50.9 Å². The lowest BCUT2D eigenvalue weighted by atomic mass is 9.95. The molecule has 1 aromatic carbocycles. The second kappa shape index (κ2) is 6.49. The molecule has 132 valence electrons. The van der Waals surface area contributed by atoms with Crippen LogP contribution in [0.5, 0.6) is 0 Å². The minimum Gasteiger partial charge on any atom is -0.444 e. The topological polar surface area (TPSA) is 29.5 Å². The van der Waals surface area contributed by atoms with Crippen LogP contribution in [0.2, 0.25) is 0 Å². The van der Waals surface area contributed by atoms with Gasteiger partial charge in [0.2, 0.25) is 0 Å². The van der Waals surface area contributed by atoms with Gasteiger partial charge in [-0.1, -0.05) is 18.2 Å². The first-order chi connectivity index (χ1) is 11.0. The lowest BCUT2D eigenvalue weighted by Crippen LogP contribution is -2.39. The van der Waals surface area contributed by atoms with Crippen LogP contribution in [0.4, 0.5) is 18.0 Å². The lowest BCUT2D eigenvalue weighted by molar-refractivity contribution is -0.137. The quantitative estimate of drug-likeness (QED) is 0.710. The number of ether oxygens (including phenoxy) is 1. The van der Waals surface area contributed by atoms with Crippen molar-refractivity contribution in [3.05, 3.63) is 48.0 Å². The van der Waals surface area contributed by atoms with Crippen molar-refractivity contribution < 1.29 is 22.7 Å². The molecule has 2 atom stereocenters.